The SMILES string of the molecule is CN(C)Cc1ccc(N=C(c2ccc(CCC(=O)O)cc2)c2c(O)[nH]c3cc(Cl)ccc23)cc1. The van der Waals surface area contributed by atoms with E-state index in [1.54, 1.807) is 12.1 Å². The Morgan fingerprint density at radius 3 is 2.32 bits per heavy atom. The van der Waals surface area contributed by atoms with Crippen molar-refractivity contribution in [3.8, 4) is 5.88 Å². The Labute approximate surface area is 203 Å². The smallest absolute Gasteiger partial charge is 0.303 e. The number of hydrogen-bond acceptors (Lipinski definition) is 4. The number of nitrogens with zero attached hydrogens (tertiary/aromatic N) is 2. The van der Waals surface area contributed by atoms with Crippen molar-refractivity contribution < 1.29 is 15.0 Å². The van der Waals surface area contributed by atoms with Crippen molar-refractivity contribution in [2.75, 3.05) is 14.1 Å². The second-order valence-electron chi connectivity index (χ2n) is 8.49. The van der Waals surface area contributed by atoms with Gasteiger partial charge < -0.3 is 20.1 Å². The normalized spacial score (nSPS) is 11.9. The van der Waals surface area contributed by atoms with Crippen LogP contribution in [0.15, 0.2) is 71.7 Å². The van der Waals surface area contributed by atoms with Crippen molar-refractivity contribution in [1.29, 1.82) is 0 Å². The summed E-state index contributed by atoms with van der Waals surface area (Å²) in [5.74, 6) is -0.818. The maximum absolute atomic E-state index is 10.9. The first-order chi connectivity index (χ1) is 16.3. The van der Waals surface area contributed by atoms with Crippen molar-refractivity contribution in [2.45, 2.75) is 19.4 Å². The lowest BCUT2D eigenvalue weighted by Gasteiger charge is -2.11. The number of aliphatic carboxylic acids is 1. The first-order valence-electron chi connectivity index (χ1n) is 10.9. The lowest BCUT2D eigenvalue weighted by Crippen LogP contribution is -2.10. The molecule has 0 amide bonds. The Bertz CT molecular complexity index is 1340. The lowest BCUT2D eigenvalue weighted by molar-refractivity contribution is -0.136. The Hall–Kier alpha value is -3.61. The number of aliphatic imine (C=N–C) groups is 1. The number of carboxylic acid groups (broad SMARTS) is 1. The van der Waals surface area contributed by atoms with E-state index in [0.29, 0.717) is 28.2 Å². The molecule has 0 radical (unpaired) electrons. The summed E-state index contributed by atoms with van der Waals surface area (Å²) >= 11 is 6.15. The van der Waals surface area contributed by atoms with Gasteiger partial charge in [-0.1, -0.05) is 54.1 Å². The molecule has 0 unspecified atom stereocenters. The number of halogens is 1. The van der Waals surface area contributed by atoms with Crippen molar-refractivity contribution >= 4 is 39.9 Å². The van der Waals surface area contributed by atoms with E-state index in [1.807, 2.05) is 68.7 Å². The zero-order chi connectivity index (χ0) is 24.2. The fourth-order valence-corrected chi connectivity index (χ4v) is 4.08. The summed E-state index contributed by atoms with van der Waals surface area (Å²) in [6, 6.07) is 21.0. The van der Waals surface area contributed by atoms with E-state index in [2.05, 4.69) is 9.88 Å². The molecule has 34 heavy (non-hydrogen) atoms. The minimum atomic E-state index is -0.827. The largest absolute Gasteiger partial charge is 0.494 e. The number of hydrogen-bond donors (Lipinski definition) is 3. The third kappa shape index (κ3) is 5.47. The number of aromatic hydroxyl groups is 1. The highest BCUT2D eigenvalue weighted by Gasteiger charge is 2.19. The van der Waals surface area contributed by atoms with Gasteiger partial charge in [0.25, 0.3) is 0 Å². The van der Waals surface area contributed by atoms with E-state index in [0.717, 1.165) is 28.7 Å². The van der Waals surface area contributed by atoms with Gasteiger partial charge in [0, 0.05) is 28.9 Å². The summed E-state index contributed by atoms with van der Waals surface area (Å²) in [7, 11) is 4.05. The first-order valence-corrected chi connectivity index (χ1v) is 11.3. The number of benzene rings is 3. The van der Waals surface area contributed by atoms with Crippen LogP contribution < -0.4 is 0 Å². The molecular formula is C27H26ClN3O3. The highest BCUT2D eigenvalue weighted by Crippen LogP contribution is 2.33. The number of carbonyl (C=O) groups is 1. The second kappa shape index (κ2) is 10.1. The fraction of sp³-hybridized carbons (Fsp3) is 0.185. The Morgan fingerprint density at radius 1 is 1.00 bits per heavy atom. The number of aromatic amines is 1. The van der Waals surface area contributed by atoms with Crippen molar-refractivity contribution in [3.63, 3.8) is 0 Å². The van der Waals surface area contributed by atoms with E-state index in [4.69, 9.17) is 21.7 Å². The van der Waals surface area contributed by atoms with Gasteiger partial charge >= 0.3 is 5.97 Å². The predicted molar refractivity (Wildman–Crippen MR) is 137 cm³/mol. The van der Waals surface area contributed by atoms with Crippen LogP contribution in [-0.2, 0) is 17.8 Å². The van der Waals surface area contributed by atoms with E-state index >= 15 is 0 Å². The zero-order valence-electron chi connectivity index (χ0n) is 19.0. The molecule has 0 bridgehead atoms. The molecule has 0 aliphatic rings. The molecule has 7 heteroatoms. The summed E-state index contributed by atoms with van der Waals surface area (Å²) in [5, 5.41) is 21.2. The van der Waals surface area contributed by atoms with Gasteiger partial charge in [0.05, 0.1) is 22.5 Å². The molecule has 0 aliphatic carbocycles. The van der Waals surface area contributed by atoms with Crippen LogP contribution in [-0.4, -0.2) is 45.9 Å². The molecule has 3 N–H and O–H groups in total. The molecule has 0 saturated carbocycles. The summed E-state index contributed by atoms with van der Waals surface area (Å²) in [6.07, 6.45) is 0.524. The van der Waals surface area contributed by atoms with Crippen LogP contribution in [0.2, 0.25) is 5.02 Å². The highest BCUT2D eigenvalue weighted by atomic mass is 35.5. The Morgan fingerprint density at radius 2 is 1.68 bits per heavy atom. The molecule has 174 valence electrons. The fourth-order valence-electron chi connectivity index (χ4n) is 3.91. The minimum Gasteiger partial charge on any atom is -0.494 e. The number of aryl methyl sites for hydroxylation is 1. The third-order valence-corrected chi connectivity index (χ3v) is 5.74. The van der Waals surface area contributed by atoms with E-state index in [-0.39, 0.29) is 12.3 Å². The minimum absolute atomic E-state index is 0.00944. The van der Waals surface area contributed by atoms with Crippen LogP contribution >= 0.6 is 11.6 Å². The van der Waals surface area contributed by atoms with Crippen LogP contribution in [0.1, 0.15) is 28.7 Å². The van der Waals surface area contributed by atoms with E-state index in [9.17, 15) is 9.90 Å². The number of aromatic nitrogens is 1. The number of carboxylic acids is 1. The summed E-state index contributed by atoms with van der Waals surface area (Å²) in [5.41, 5.74) is 5.58. The van der Waals surface area contributed by atoms with Crippen molar-refractivity contribution in [1.82, 2.24) is 9.88 Å². The summed E-state index contributed by atoms with van der Waals surface area (Å²) in [4.78, 5) is 20.9. The number of nitrogens with one attached hydrogen (secondary N) is 1. The van der Waals surface area contributed by atoms with Gasteiger partial charge in [-0.2, -0.15) is 0 Å². The molecule has 1 aromatic heterocycles. The highest BCUT2D eigenvalue weighted by molar-refractivity contribution is 6.31. The average Bonchev–Trinajstić information content (AvgIpc) is 3.11. The quantitative estimate of drug-likeness (QED) is 0.282. The third-order valence-electron chi connectivity index (χ3n) is 5.51. The van der Waals surface area contributed by atoms with Crippen molar-refractivity contribution in [3.05, 3.63) is 94.0 Å². The van der Waals surface area contributed by atoms with Gasteiger partial charge in [0.1, 0.15) is 0 Å². The Kier molecular flexibility index (Phi) is 7.01. The summed E-state index contributed by atoms with van der Waals surface area (Å²) in [6.45, 7) is 0.832. The van der Waals surface area contributed by atoms with Crippen LogP contribution in [0, 0.1) is 0 Å². The van der Waals surface area contributed by atoms with Gasteiger partial charge in [-0.15, -0.1) is 0 Å². The van der Waals surface area contributed by atoms with Crippen LogP contribution in [0.3, 0.4) is 0 Å². The predicted octanol–water partition coefficient (Wildman–Crippen LogP) is 5.77. The van der Waals surface area contributed by atoms with Crippen molar-refractivity contribution in [2.24, 2.45) is 4.99 Å². The first kappa shape index (κ1) is 23.5. The van der Waals surface area contributed by atoms with Gasteiger partial charge in [-0.3, -0.25) is 4.79 Å². The van der Waals surface area contributed by atoms with Gasteiger partial charge in [-0.05, 0) is 55.9 Å². The molecule has 0 saturated heterocycles. The van der Waals surface area contributed by atoms with E-state index < -0.39 is 5.97 Å². The van der Waals surface area contributed by atoms with Gasteiger partial charge in [-0.25, -0.2) is 4.99 Å². The molecular weight excluding hydrogens is 450 g/mol. The topological polar surface area (TPSA) is 88.9 Å². The van der Waals surface area contributed by atoms with Gasteiger partial charge in [0.15, 0.2) is 5.88 Å². The second-order valence-corrected chi connectivity index (χ2v) is 8.93. The molecule has 0 fully saturated rings. The van der Waals surface area contributed by atoms with Gasteiger partial charge in [0.2, 0.25) is 0 Å². The lowest BCUT2D eigenvalue weighted by atomic mass is 9.98. The molecule has 0 atom stereocenters. The summed E-state index contributed by atoms with van der Waals surface area (Å²) < 4.78 is 0. The number of H-pyrrole nitrogens is 1. The average molecular weight is 476 g/mol. The maximum atomic E-state index is 10.9. The van der Waals surface area contributed by atoms with Crippen LogP contribution in [0.25, 0.3) is 10.9 Å². The molecule has 1 heterocycles. The number of fused-ring (bicyclic) bond motifs is 1. The Balaban J connectivity index is 1.80. The van der Waals surface area contributed by atoms with Crippen LogP contribution in [0.5, 0.6) is 5.88 Å². The maximum Gasteiger partial charge on any atom is 0.303 e. The monoisotopic (exact) mass is 475 g/mol. The van der Waals surface area contributed by atoms with E-state index in [1.165, 1.54) is 5.56 Å². The standard InChI is InChI=1S/C27H26ClN3O3/c1-31(2)16-18-5-11-21(12-6-18)29-26(19-8-3-17(4-9-19)7-14-24(32)33)25-22-13-10-20(28)15-23(22)30-27(25)34/h3-6,8-13,15,30,34H,7,14,16H2,1-2H3,(H,32,33). The molecule has 6 nitrogen and oxygen atoms in total. The molecule has 4 aromatic rings. The number of rotatable bonds is 8. The molecule has 4 rings (SSSR count). The van der Waals surface area contributed by atoms with Crippen LogP contribution in [0.4, 0.5) is 5.69 Å². The molecule has 3 aromatic carbocycles. The zero-order valence-corrected chi connectivity index (χ0v) is 19.8. The molecule has 0 aliphatic heterocycles. The molecule has 0 spiro atoms.